The van der Waals surface area contributed by atoms with E-state index in [2.05, 4.69) is 15.6 Å². The maximum Gasteiger partial charge on any atom is 0.319 e. The van der Waals surface area contributed by atoms with Gasteiger partial charge in [0, 0.05) is 30.2 Å². The molecule has 7 heteroatoms. The fraction of sp³-hybridized carbons (Fsp3) is 0.214. The summed E-state index contributed by atoms with van der Waals surface area (Å²) in [6.07, 6.45) is 2.40. The highest BCUT2D eigenvalue weighted by Crippen LogP contribution is 2.10. The number of carboxylic acid groups (broad SMARTS) is 1. The third-order valence-corrected chi connectivity index (χ3v) is 3.51. The van der Waals surface area contributed by atoms with Gasteiger partial charge in [0.15, 0.2) is 0 Å². The van der Waals surface area contributed by atoms with Crippen LogP contribution in [0.3, 0.4) is 0 Å². The number of carboxylic acids is 1. The van der Waals surface area contributed by atoms with Crippen LogP contribution in [-0.2, 0) is 17.6 Å². The summed E-state index contributed by atoms with van der Waals surface area (Å²) in [5.41, 5.74) is 1.31. The quantitative estimate of drug-likeness (QED) is 0.762. The maximum atomic E-state index is 11.7. The molecule has 2 rings (SSSR count). The van der Waals surface area contributed by atoms with Gasteiger partial charge in [-0.15, -0.1) is 11.3 Å². The first-order chi connectivity index (χ1) is 10.1. The van der Waals surface area contributed by atoms with Gasteiger partial charge in [0.05, 0.1) is 11.4 Å². The van der Waals surface area contributed by atoms with Gasteiger partial charge < -0.3 is 15.7 Å². The summed E-state index contributed by atoms with van der Waals surface area (Å²) in [5, 5.41) is 17.0. The number of carbonyl (C=O) groups is 2. The molecule has 0 aliphatic carbocycles. The molecular weight excluding hydrogens is 290 g/mol. The topological polar surface area (TPSA) is 91.3 Å². The lowest BCUT2D eigenvalue weighted by molar-refractivity contribution is -0.136. The Morgan fingerprint density at radius 2 is 2.00 bits per heavy atom. The van der Waals surface area contributed by atoms with E-state index in [0.717, 1.165) is 5.01 Å². The maximum absolute atomic E-state index is 11.7. The smallest absolute Gasteiger partial charge is 0.319 e. The number of hydrogen-bond acceptors (Lipinski definition) is 4. The minimum Gasteiger partial charge on any atom is -0.481 e. The van der Waals surface area contributed by atoms with Crippen molar-refractivity contribution in [3.8, 4) is 0 Å². The van der Waals surface area contributed by atoms with Crippen LogP contribution in [0.25, 0.3) is 0 Å². The Morgan fingerprint density at radius 1 is 1.24 bits per heavy atom. The lowest BCUT2D eigenvalue weighted by Crippen LogP contribution is -2.30. The number of anilines is 1. The van der Waals surface area contributed by atoms with Crippen molar-refractivity contribution >= 4 is 29.0 Å². The number of benzene rings is 1. The number of urea groups is 1. The Hall–Kier alpha value is -2.41. The number of aromatic nitrogens is 1. The molecule has 21 heavy (non-hydrogen) atoms. The highest BCUT2D eigenvalue weighted by atomic mass is 32.1. The Bertz CT molecular complexity index is 596. The summed E-state index contributed by atoms with van der Waals surface area (Å²) >= 11 is 1.55. The van der Waals surface area contributed by atoms with E-state index in [1.54, 1.807) is 41.8 Å². The monoisotopic (exact) mass is 305 g/mol. The molecule has 0 fully saturated rings. The Labute approximate surface area is 125 Å². The largest absolute Gasteiger partial charge is 0.481 e. The summed E-state index contributed by atoms with van der Waals surface area (Å²) in [5.74, 6) is -0.879. The van der Waals surface area contributed by atoms with Crippen molar-refractivity contribution in [2.75, 3.05) is 11.9 Å². The van der Waals surface area contributed by atoms with E-state index in [-0.39, 0.29) is 12.5 Å². The van der Waals surface area contributed by atoms with Gasteiger partial charge in [0.1, 0.15) is 0 Å². The molecule has 0 saturated heterocycles. The van der Waals surface area contributed by atoms with E-state index < -0.39 is 5.97 Å². The molecule has 3 N–H and O–H groups in total. The molecule has 0 unspecified atom stereocenters. The molecule has 1 aromatic heterocycles. The number of carbonyl (C=O) groups excluding carboxylic acids is 1. The molecule has 1 aromatic carbocycles. The minimum atomic E-state index is -0.879. The van der Waals surface area contributed by atoms with Crippen molar-refractivity contribution in [2.45, 2.75) is 12.8 Å². The molecule has 0 aliphatic rings. The molecule has 1 heterocycles. The van der Waals surface area contributed by atoms with Crippen molar-refractivity contribution in [2.24, 2.45) is 0 Å². The fourth-order valence-corrected chi connectivity index (χ4v) is 2.34. The molecule has 6 nitrogen and oxygen atoms in total. The summed E-state index contributed by atoms with van der Waals surface area (Å²) in [7, 11) is 0. The summed E-state index contributed by atoms with van der Waals surface area (Å²) in [6, 6.07) is 6.42. The van der Waals surface area contributed by atoms with Crippen LogP contribution < -0.4 is 10.6 Å². The molecule has 2 amide bonds. The second-order valence-corrected chi connectivity index (χ2v) is 5.30. The molecule has 0 atom stereocenters. The average molecular weight is 305 g/mol. The van der Waals surface area contributed by atoms with E-state index in [1.807, 2.05) is 5.38 Å². The predicted molar refractivity (Wildman–Crippen MR) is 80.6 cm³/mol. The van der Waals surface area contributed by atoms with Crippen LogP contribution in [0.4, 0.5) is 10.5 Å². The number of rotatable bonds is 6. The third-order valence-electron chi connectivity index (χ3n) is 2.68. The predicted octanol–water partition coefficient (Wildman–Crippen LogP) is 2.13. The highest BCUT2D eigenvalue weighted by Gasteiger charge is 2.04. The van der Waals surface area contributed by atoms with Gasteiger partial charge in [-0.2, -0.15) is 0 Å². The second-order valence-electron chi connectivity index (χ2n) is 4.32. The van der Waals surface area contributed by atoms with Gasteiger partial charge in [0.2, 0.25) is 0 Å². The fourth-order valence-electron chi connectivity index (χ4n) is 1.72. The SMILES string of the molecule is O=C(O)Cc1ccc(NC(=O)NCCc2nccs2)cc1. The molecule has 0 bridgehead atoms. The lowest BCUT2D eigenvalue weighted by Gasteiger charge is -2.07. The Morgan fingerprint density at radius 3 is 2.62 bits per heavy atom. The normalized spacial score (nSPS) is 10.1. The molecule has 0 spiro atoms. The van der Waals surface area contributed by atoms with E-state index >= 15 is 0 Å². The standard InChI is InChI=1S/C14H15N3O3S/c18-13(19)9-10-1-3-11(4-2-10)17-14(20)16-6-5-12-15-7-8-21-12/h1-4,7-8H,5-6,9H2,(H,18,19)(H2,16,17,20). The van der Waals surface area contributed by atoms with Crippen molar-refractivity contribution in [1.82, 2.24) is 10.3 Å². The van der Waals surface area contributed by atoms with Gasteiger partial charge in [-0.05, 0) is 17.7 Å². The van der Waals surface area contributed by atoms with Gasteiger partial charge in [-0.3, -0.25) is 4.79 Å². The van der Waals surface area contributed by atoms with E-state index in [1.165, 1.54) is 0 Å². The third kappa shape index (κ3) is 5.23. The van der Waals surface area contributed by atoms with E-state index in [0.29, 0.717) is 24.2 Å². The van der Waals surface area contributed by atoms with Crippen molar-refractivity contribution in [3.63, 3.8) is 0 Å². The second kappa shape index (κ2) is 7.39. The van der Waals surface area contributed by atoms with Gasteiger partial charge >= 0.3 is 12.0 Å². The summed E-state index contributed by atoms with van der Waals surface area (Å²) < 4.78 is 0. The summed E-state index contributed by atoms with van der Waals surface area (Å²) in [4.78, 5) is 26.4. The number of nitrogens with zero attached hydrogens (tertiary/aromatic N) is 1. The van der Waals surface area contributed by atoms with Crippen LogP contribution in [0.1, 0.15) is 10.6 Å². The van der Waals surface area contributed by atoms with Crippen LogP contribution in [0.15, 0.2) is 35.8 Å². The first-order valence-corrected chi connectivity index (χ1v) is 7.25. The number of thiazole rings is 1. The number of nitrogens with one attached hydrogen (secondary N) is 2. The molecule has 0 aliphatic heterocycles. The average Bonchev–Trinajstić information content (AvgIpc) is 2.93. The first kappa shape index (κ1) is 15.0. The van der Waals surface area contributed by atoms with Crippen molar-refractivity contribution < 1.29 is 14.7 Å². The zero-order valence-electron chi connectivity index (χ0n) is 11.2. The molecule has 2 aromatic rings. The van der Waals surface area contributed by atoms with Crippen molar-refractivity contribution in [3.05, 3.63) is 46.4 Å². The molecular formula is C14H15N3O3S. The van der Waals surface area contributed by atoms with Crippen LogP contribution >= 0.6 is 11.3 Å². The minimum absolute atomic E-state index is 0.0275. The summed E-state index contributed by atoms with van der Waals surface area (Å²) in [6.45, 7) is 0.510. The molecule has 0 radical (unpaired) electrons. The van der Waals surface area contributed by atoms with E-state index in [9.17, 15) is 9.59 Å². The number of amides is 2. The Kier molecular flexibility index (Phi) is 5.28. The Balaban J connectivity index is 1.75. The number of hydrogen-bond donors (Lipinski definition) is 3. The molecule has 110 valence electrons. The van der Waals surface area contributed by atoms with Crippen LogP contribution in [0, 0.1) is 0 Å². The van der Waals surface area contributed by atoms with Gasteiger partial charge in [-0.25, -0.2) is 9.78 Å². The lowest BCUT2D eigenvalue weighted by atomic mass is 10.1. The number of aliphatic carboxylic acids is 1. The van der Waals surface area contributed by atoms with Crippen LogP contribution in [0.2, 0.25) is 0 Å². The van der Waals surface area contributed by atoms with Crippen LogP contribution in [-0.4, -0.2) is 28.6 Å². The molecule has 0 saturated carbocycles. The van der Waals surface area contributed by atoms with Crippen molar-refractivity contribution in [1.29, 1.82) is 0 Å². The van der Waals surface area contributed by atoms with E-state index in [4.69, 9.17) is 5.11 Å². The van der Waals surface area contributed by atoms with Gasteiger partial charge in [0.25, 0.3) is 0 Å². The van der Waals surface area contributed by atoms with Gasteiger partial charge in [-0.1, -0.05) is 12.1 Å². The zero-order chi connectivity index (χ0) is 15.1. The highest BCUT2D eigenvalue weighted by molar-refractivity contribution is 7.09. The van der Waals surface area contributed by atoms with Crippen LogP contribution in [0.5, 0.6) is 0 Å². The zero-order valence-corrected chi connectivity index (χ0v) is 12.0. The first-order valence-electron chi connectivity index (χ1n) is 6.37.